The average Bonchev–Trinajstić information content (AvgIpc) is 3.55. The minimum atomic E-state index is -0.614. The van der Waals surface area contributed by atoms with Crippen LogP contribution in [0.25, 0.3) is 88.4 Å². The summed E-state index contributed by atoms with van der Waals surface area (Å²) in [7, 11) is 0. The number of furan rings is 1. The third-order valence-electron chi connectivity index (χ3n) is 7.42. The molecule has 0 radical (unpaired) electrons. The monoisotopic (exact) mass is 561 g/mol. The highest BCUT2D eigenvalue weighted by Gasteiger charge is 2.18. The van der Waals surface area contributed by atoms with E-state index in [2.05, 4.69) is 4.98 Å². The number of nitrogens with zero attached hydrogens (tertiary/aromatic N) is 3. The van der Waals surface area contributed by atoms with E-state index >= 15 is 0 Å². The zero-order valence-corrected chi connectivity index (χ0v) is 22.1. The number of aromatic nitrogens is 3. The van der Waals surface area contributed by atoms with E-state index in [-0.39, 0.29) is 91.5 Å². The molecular weight excluding hydrogens is 526 g/mol. The maximum absolute atomic E-state index is 9.23. The van der Waals surface area contributed by atoms with Gasteiger partial charge in [-0.15, -0.1) is 0 Å². The number of para-hydroxylation sites is 1. The van der Waals surface area contributed by atoms with Gasteiger partial charge in [-0.1, -0.05) is 115 Å². The first-order chi connectivity index (χ1) is 26.3. The third-order valence-corrected chi connectivity index (χ3v) is 7.42. The molecule has 4 heteroatoms. The van der Waals surface area contributed by atoms with Crippen molar-refractivity contribution in [1.82, 2.24) is 15.0 Å². The van der Waals surface area contributed by atoms with Crippen molar-refractivity contribution < 1.29 is 20.9 Å². The topological polar surface area (TPSA) is 51.8 Å². The zero-order chi connectivity index (χ0) is 38.8. The Bertz CT molecular complexity index is 3200. The molecule has 200 valence electrons. The highest BCUT2D eigenvalue weighted by molar-refractivity contribution is 6.12. The van der Waals surface area contributed by atoms with E-state index in [4.69, 9.17) is 29.5 Å². The predicted molar refractivity (Wildman–Crippen MR) is 176 cm³/mol. The Morgan fingerprint density at radius 1 is 0.488 bits per heavy atom. The normalized spacial score (nSPS) is 15.6. The van der Waals surface area contributed by atoms with E-state index in [0.29, 0.717) is 5.56 Å². The highest BCUT2D eigenvalue weighted by Crippen LogP contribution is 2.37. The lowest BCUT2D eigenvalue weighted by molar-refractivity contribution is 0.669. The van der Waals surface area contributed by atoms with E-state index in [1.54, 1.807) is 6.07 Å². The fraction of sp³-hybridized carbons (Fsp3) is 0. The van der Waals surface area contributed by atoms with Gasteiger partial charge in [-0.05, 0) is 56.5 Å². The van der Waals surface area contributed by atoms with Gasteiger partial charge >= 0.3 is 0 Å². The molecule has 43 heavy (non-hydrogen) atoms. The largest absolute Gasteiger partial charge is 0.456 e. The van der Waals surface area contributed by atoms with Crippen LogP contribution in [0.3, 0.4) is 0 Å². The maximum Gasteiger partial charge on any atom is 0.164 e. The molecule has 9 rings (SSSR count). The van der Waals surface area contributed by atoms with Crippen LogP contribution in [0.2, 0.25) is 0 Å². The van der Waals surface area contributed by atoms with Crippen molar-refractivity contribution in [1.29, 1.82) is 0 Å². The Morgan fingerprint density at radius 3 is 2.19 bits per heavy atom. The molecule has 0 saturated carbocycles. The molecule has 0 spiro atoms. The van der Waals surface area contributed by atoms with Crippen LogP contribution in [0, 0.1) is 0 Å². The van der Waals surface area contributed by atoms with E-state index in [0.717, 1.165) is 21.5 Å². The molecule has 4 nitrogen and oxygen atoms in total. The summed E-state index contributed by atoms with van der Waals surface area (Å²) in [4.78, 5) is 14.2. The van der Waals surface area contributed by atoms with Crippen molar-refractivity contribution >= 4 is 54.3 Å². The van der Waals surface area contributed by atoms with Crippen LogP contribution in [-0.2, 0) is 0 Å². The fourth-order valence-corrected chi connectivity index (χ4v) is 5.41. The van der Waals surface area contributed by atoms with Crippen molar-refractivity contribution in [3.63, 3.8) is 0 Å². The second-order valence-corrected chi connectivity index (χ2v) is 9.92. The number of fused-ring (bicyclic) bond motifs is 7. The van der Waals surface area contributed by atoms with Crippen molar-refractivity contribution in [3.8, 4) is 34.2 Å². The lowest BCUT2D eigenvalue weighted by Crippen LogP contribution is -2.00. The van der Waals surface area contributed by atoms with E-state index in [1.807, 2.05) is 48.5 Å². The van der Waals surface area contributed by atoms with Gasteiger partial charge in [0.25, 0.3) is 0 Å². The standard InChI is InChI=1S/C39H23N3O/c1-2-10-27-22-28(20-16-24(27)8-1)37-40-38(29-21-19-26-18-17-25-9-3-4-11-30(25)33(26)23-29)42-39(41-37)32-13-7-15-35-36(32)31-12-5-6-14-34(31)43-35/h1-23H/i1D,2D,5D,6D,8D,10D,13D,14D,15D,16D,20D,22D. The minimum absolute atomic E-state index is 0.0179. The van der Waals surface area contributed by atoms with Crippen molar-refractivity contribution in [2.24, 2.45) is 0 Å². The lowest BCUT2D eigenvalue weighted by atomic mass is 9.99. The third kappa shape index (κ3) is 3.88. The summed E-state index contributed by atoms with van der Waals surface area (Å²) >= 11 is 0. The summed E-state index contributed by atoms with van der Waals surface area (Å²) in [6, 6.07) is 14.4. The smallest absolute Gasteiger partial charge is 0.164 e. The molecule has 0 fully saturated rings. The van der Waals surface area contributed by atoms with Crippen LogP contribution >= 0.6 is 0 Å². The maximum atomic E-state index is 9.23. The van der Waals surface area contributed by atoms with Gasteiger partial charge in [-0.25, -0.2) is 15.0 Å². The van der Waals surface area contributed by atoms with Gasteiger partial charge in [-0.3, -0.25) is 0 Å². The zero-order valence-electron chi connectivity index (χ0n) is 34.1. The van der Waals surface area contributed by atoms with Gasteiger partial charge in [0.15, 0.2) is 17.5 Å². The minimum Gasteiger partial charge on any atom is -0.456 e. The fourth-order valence-electron chi connectivity index (χ4n) is 5.41. The van der Waals surface area contributed by atoms with Crippen LogP contribution in [0.5, 0.6) is 0 Å². The predicted octanol–water partition coefficient (Wildman–Crippen LogP) is 10.2. The second-order valence-electron chi connectivity index (χ2n) is 9.92. The van der Waals surface area contributed by atoms with Crippen LogP contribution in [-0.4, -0.2) is 15.0 Å². The molecule has 0 bridgehead atoms. The van der Waals surface area contributed by atoms with Crippen LogP contribution < -0.4 is 0 Å². The molecule has 0 N–H and O–H groups in total. The Hall–Kier alpha value is -5.87. The summed E-state index contributed by atoms with van der Waals surface area (Å²) in [5.41, 5.74) is 0.0771. The summed E-state index contributed by atoms with van der Waals surface area (Å²) in [6.07, 6.45) is 0. The van der Waals surface area contributed by atoms with Crippen molar-refractivity contribution in [2.45, 2.75) is 0 Å². The number of benzene rings is 7. The molecule has 0 unspecified atom stereocenters. The molecule has 0 atom stereocenters. The van der Waals surface area contributed by atoms with Gasteiger partial charge in [0.1, 0.15) is 11.2 Å². The first-order valence-corrected chi connectivity index (χ1v) is 13.4. The van der Waals surface area contributed by atoms with Crippen molar-refractivity contribution in [3.05, 3.63) is 139 Å². The Morgan fingerprint density at radius 2 is 1.26 bits per heavy atom. The molecule has 0 aliphatic heterocycles. The SMILES string of the molecule is [2H]c1cc2c(oc3c([2H])cc([2H])c(-c4nc(-c5ccc6ccc7ccccc7c6c5)nc(-c5c([2H])c([2H])c6c([2H])c([2H])c([2H])c([2H])c6c5[2H])n4)c32)c([2H])c1[2H]. The highest BCUT2D eigenvalue weighted by atomic mass is 16.3. The Labute approximate surface area is 263 Å². The molecular formula is C39H23N3O. The van der Waals surface area contributed by atoms with Crippen LogP contribution in [0.1, 0.15) is 16.4 Å². The summed E-state index contributed by atoms with van der Waals surface area (Å²) in [5, 5.41) is 3.48. The number of rotatable bonds is 3. The Kier molecular flexibility index (Phi) is 3.22. The first kappa shape index (κ1) is 14.9. The molecule has 2 heterocycles. The molecule has 0 saturated heterocycles. The van der Waals surface area contributed by atoms with Crippen molar-refractivity contribution in [2.75, 3.05) is 0 Å². The van der Waals surface area contributed by atoms with Gasteiger partial charge in [0.2, 0.25) is 0 Å². The summed E-state index contributed by atoms with van der Waals surface area (Å²) in [6.45, 7) is 0. The molecule has 0 amide bonds. The summed E-state index contributed by atoms with van der Waals surface area (Å²) in [5.74, 6) is -0.410. The second kappa shape index (κ2) is 9.33. The van der Waals surface area contributed by atoms with E-state index < -0.39 is 42.3 Å². The quantitative estimate of drug-likeness (QED) is 0.201. The van der Waals surface area contributed by atoms with E-state index in [9.17, 15) is 1.37 Å². The van der Waals surface area contributed by atoms with Gasteiger partial charge in [0, 0.05) is 27.5 Å². The van der Waals surface area contributed by atoms with Gasteiger partial charge < -0.3 is 4.42 Å². The van der Waals surface area contributed by atoms with Gasteiger partial charge in [0.05, 0.1) is 16.4 Å². The molecule has 0 aliphatic carbocycles. The average molecular weight is 562 g/mol. The number of hydrogen-bond donors (Lipinski definition) is 0. The first-order valence-electron chi connectivity index (χ1n) is 19.4. The molecule has 0 aliphatic rings. The van der Waals surface area contributed by atoms with E-state index in [1.165, 1.54) is 12.1 Å². The number of hydrogen-bond acceptors (Lipinski definition) is 4. The molecule has 7 aromatic carbocycles. The molecule has 9 aromatic rings. The summed E-state index contributed by atoms with van der Waals surface area (Å²) < 4.78 is 109. The van der Waals surface area contributed by atoms with Crippen LogP contribution in [0.4, 0.5) is 0 Å². The van der Waals surface area contributed by atoms with Gasteiger partial charge in [-0.2, -0.15) is 0 Å². The molecule has 2 aromatic heterocycles. The Balaban J connectivity index is 1.42. The van der Waals surface area contributed by atoms with Crippen LogP contribution in [0.15, 0.2) is 144 Å². The lowest BCUT2D eigenvalue weighted by Gasteiger charge is -2.11.